The van der Waals surface area contributed by atoms with Crippen LogP contribution in [0.5, 0.6) is 0 Å². The van der Waals surface area contributed by atoms with E-state index in [1.165, 1.54) is 0 Å². The van der Waals surface area contributed by atoms with Crippen molar-refractivity contribution in [2.24, 2.45) is 7.05 Å². The molecule has 0 spiro atoms. The molecule has 1 heterocycles. The first kappa shape index (κ1) is 11.0. The van der Waals surface area contributed by atoms with Crippen molar-refractivity contribution in [1.82, 2.24) is 14.8 Å². The fraction of sp³-hybridized carbons (Fsp3) is 0.571. The lowest BCUT2D eigenvalue weighted by molar-refractivity contribution is -0.133. The molecule has 1 unspecified atom stereocenters. The van der Waals surface area contributed by atoms with Crippen molar-refractivity contribution >= 4 is 17.7 Å². The smallest absolute Gasteiger partial charge is 0.313 e. The van der Waals surface area contributed by atoms with Gasteiger partial charge in [-0.25, -0.2) is 0 Å². The second-order valence-electron chi connectivity index (χ2n) is 2.76. The third-order valence-corrected chi connectivity index (χ3v) is 2.57. The number of aromatic nitrogens is 3. The lowest BCUT2D eigenvalue weighted by Gasteiger charge is -2.03. The number of hydrogen-bond donors (Lipinski definition) is 2. The van der Waals surface area contributed by atoms with Gasteiger partial charge in [0, 0.05) is 7.05 Å². The van der Waals surface area contributed by atoms with Crippen LogP contribution >= 0.6 is 11.8 Å². The molecule has 2 N–H and O–H groups in total. The second kappa shape index (κ2) is 4.43. The molecule has 1 aromatic heterocycles. The molecule has 0 aliphatic heterocycles. The molecule has 78 valence electrons. The Morgan fingerprint density at radius 3 is 2.71 bits per heavy atom. The van der Waals surface area contributed by atoms with Gasteiger partial charge in [0.2, 0.25) is 0 Å². The number of carboxylic acid groups (broad SMARTS) is 1. The van der Waals surface area contributed by atoms with Gasteiger partial charge in [-0.2, -0.15) is 0 Å². The lowest BCUT2D eigenvalue weighted by atomic mass is 10.4. The molecule has 14 heavy (non-hydrogen) atoms. The quantitative estimate of drug-likeness (QED) is 0.692. The summed E-state index contributed by atoms with van der Waals surface area (Å²) >= 11 is 1.07. The highest BCUT2D eigenvalue weighted by Crippen LogP contribution is 2.18. The van der Waals surface area contributed by atoms with Gasteiger partial charge in [0.25, 0.3) is 0 Å². The summed E-state index contributed by atoms with van der Waals surface area (Å²) in [4.78, 5) is 10.3. The first-order valence-electron chi connectivity index (χ1n) is 3.94. The number of aliphatic hydroxyl groups is 1. The van der Waals surface area contributed by atoms with E-state index in [9.17, 15) is 9.90 Å². The van der Waals surface area contributed by atoms with E-state index in [0.29, 0.717) is 11.0 Å². The summed E-state index contributed by atoms with van der Waals surface area (Å²) in [6.45, 7) is 1.58. The lowest BCUT2D eigenvalue weighted by Crippen LogP contribution is -2.04. The monoisotopic (exact) mass is 217 g/mol. The van der Waals surface area contributed by atoms with Crippen molar-refractivity contribution in [1.29, 1.82) is 0 Å². The Balaban J connectivity index is 2.74. The third-order valence-electron chi connectivity index (χ3n) is 1.57. The number of hydrogen-bond acceptors (Lipinski definition) is 5. The number of nitrogens with zero attached hydrogens (tertiary/aromatic N) is 3. The summed E-state index contributed by atoms with van der Waals surface area (Å²) in [5, 5.41) is 25.7. The fourth-order valence-electron chi connectivity index (χ4n) is 0.942. The molecule has 0 aliphatic rings. The molecule has 1 rings (SSSR count). The highest BCUT2D eigenvalue weighted by molar-refractivity contribution is 7.99. The van der Waals surface area contributed by atoms with E-state index in [-0.39, 0.29) is 5.75 Å². The van der Waals surface area contributed by atoms with E-state index >= 15 is 0 Å². The SMILES string of the molecule is CC(O)c1nnc(SCC(=O)O)n1C. The summed E-state index contributed by atoms with van der Waals surface area (Å²) in [6.07, 6.45) is -0.702. The number of carboxylic acids is 1. The van der Waals surface area contributed by atoms with Gasteiger partial charge in [0.05, 0.1) is 5.75 Å². The van der Waals surface area contributed by atoms with Crippen LogP contribution < -0.4 is 0 Å². The minimum absolute atomic E-state index is 0.0637. The molecule has 0 aliphatic carbocycles. The molecule has 0 radical (unpaired) electrons. The van der Waals surface area contributed by atoms with Gasteiger partial charge in [0.1, 0.15) is 6.10 Å². The van der Waals surface area contributed by atoms with Crippen molar-refractivity contribution in [2.75, 3.05) is 5.75 Å². The minimum atomic E-state index is -0.906. The van der Waals surface area contributed by atoms with Gasteiger partial charge >= 0.3 is 5.97 Å². The molecular weight excluding hydrogens is 206 g/mol. The van der Waals surface area contributed by atoms with Crippen molar-refractivity contribution in [3.63, 3.8) is 0 Å². The maximum absolute atomic E-state index is 10.3. The Bertz CT molecular complexity index is 337. The Hall–Kier alpha value is -1.08. The van der Waals surface area contributed by atoms with Gasteiger partial charge in [-0.05, 0) is 6.92 Å². The molecular formula is C7H11N3O3S. The summed E-state index contributed by atoms with van der Waals surface area (Å²) in [7, 11) is 1.69. The Kier molecular flexibility index (Phi) is 3.48. The topological polar surface area (TPSA) is 88.2 Å². The van der Waals surface area contributed by atoms with Crippen LogP contribution in [0.15, 0.2) is 5.16 Å². The summed E-state index contributed by atoms with van der Waals surface area (Å²) in [5.74, 6) is -0.541. The molecule has 0 saturated carbocycles. The maximum atomic E-state index is 10.3. The molecule has 0 aromatic carbocycles. The van der Waals surface area contributed by atoms with Gasteiger partial charge in [-0.15, -0.1) is 10.2 Å². The van der Waals surface area contributed by atoms with E-state index < -0.39 is 12.1 Å². The first-order chi connectivity index (χ1) is 6.52. The second-order valence-corrected chi connectivity index (χ2v) is 3.70. The van der Waals surface area contributed by atoms with E-state index in [1.54, 1.807) is 18.5 Å². The molecule has 0 amide bonds. The molecule has 0 bridgehead atoms. The molecule has 7 heteroatoms. The zero-order chi connectivity index (χ0) is 10.7. The number of rotatable bonds is 4. The predicted molar refractivity (Wildman–Crippen MR) is 50.0 cm³/mol. The Labute approximate surface area is 85.0 Å². The van der Waals surface area contributed by atoms with Crippen LogP contribution in [0, 0.1) is 0 Å². The average molecular weight is 217 g/mol. The number of carbonyl (C=O) groups is 1. The first-order valence-corrected chi connectivity index (χ1v) is 4.93. The molecule has 0 fully saturated rings. The van der Waals surface area contributed by atoms with E-state index in [4.69, 9.17) is 5.11 Å². The van der Waals surface area contributed by atoms with Gasteiger partial charge < -0.3 is 14.8 Å². The molecule has 1 aromatic rings. The number of aliphatic hydroxyl groups excluding tert-OH is 1. The van der Waals surface area contributed by atoms with Crippen LogP contribution in [-0.2, 0) is 11.8 Å². The maximum Gasteiger partial charge on any atom is 0.313 e. The van der Waals surface area contributed by atoms with Crippen molar-refractivity contribution in [2.45, 2.75) is 18.2 Å². The average Bonchev–Trinajstić information content (AvgIpc) is 2.43. The number of thioether (sulfide) groups is 1. The van der Waals surface area contributed by atoms with Gasteiger partial charge in [-0.1, -0.05) is 11.8 Å². The highest BCUT2D eigenvalue weighted by atomic mass is 32.2. The minimum Gasteiger partial charge on any atom is -0.481 e. The van der Waals surface area contributed by atoms with Crippen molar-refractivity contribution in [3.8, 4) is 0 Å². The van der Waals surface area contributed by atoms with Gasteiger partial charge in [0.15, 0.2) is 11.0 Å². The van der Waals surface area contributed by atoms with Crippen LogP contribution in [0.1, 0.15) is 18.9 Å². The van der Waals surface area contributed by atoms with Gasteiger partial charge in [-0.3, -0.25) is 4.79 Å². The Morgan fingerprint density at radius 1 is 1.64 bits per heavy atom. The van der Waals surface area contributed by atoms with Crippen LogP contribution in [0.25, 0.3) is 0 Å². The molecule has 6 nitrogen and oxygen atoms in total. The van der Waals surface area contributed by atoms with Crippen LogP contribution in [-0.4, -0.2) is 36.7 Å². The van der Waals surface area contributed by atoms with Crippen molar-refractivity contribution in [3.05, 3.63) is 5.82 Å². The molecule has 0 saturated heterocycles. The predicted octanol–water partition coefficient (Wildman–Crippen LogP) is 0.0451. The van der Waals surface area contributed by atoms with Crippen LogP contribution in [0.3, 0.4) is 0 Å². The summed E-state index contributed by atoms with van der Waals surface area (Å²) in [5.41, 5.74) is 0. The third kappa shape index (κ3) is 2.46. The number of aliphatic carboxylic acids is 1. The summed E-state index contributed by atoms with van der Waals surface area (Å²) < 4.78 is 1.58. The zero-order valence-corrected chi connectivity index (χ0v) is 8.65. The van der Waals surface area contributed by atoms with Crippen molar-refractivity contribution < 1.29 is 15.0 Å². The summed E-state index contributed by atoms with van der Waals surface area (Å²) in [6, 6.07) is 0. The van der Waals surface area contributed by atoms with Crippen LogP contribution in [0.2, 0.25) is 0 Å². The Morgan fingerprint density at radius 2 is 2.29 bits per heavy atom. The van der Waals surface area contributed by atoms with E-state index in [2.05, 4.69) is 10.2 Å². The fourth-order valence-corrected chi connectivity index (χ4v) is 1.58. The highest BCUT2D eigenvalue weighted by Gasteiger charge is 2.13. The van der Waals surface area contributed by atoms with Crippen LogP contribution in [0.4, 0.5) is 0 Å². The standard InChI is InChI=1S/C7H11N3O3S/c1-4(11)6-8-9-7(10(6)2)14-3-5(12)13/h4,11H,3H2,1-2H3,(H,12,13). The molecule has 1 atom stereocenters. The largest absolute Gasteiger partial charge is 0.481 e. The zero-order valence-electron chi connectivity index (χ0n) is 7.84. The van der Waals surface area contributed by atoms with E-state index in [0.717, 1.165) is 11.8 Å². The van der Waals surface area contributed by atoms with E-state index in [1.807, 2.05) is 0 Å². The normalized spacial score (nSPS) is 12.8.